The normalized spacial score (nSPS) is 10.6. The van der Waals surface area contributed by atoms with Crippen LogP contribution in [-0.4, -0.2) is 27.6 Å². The van der Waals surface area contributed by atoms with Crippen LogP contribution in [0.2, 0.25) is 5.02 Å². The van der Waals surface area contributed by atoms with Gasteiger partial charge in [0.2, 0.25) is 5.88 Å². The lowest BCUT2D eigenvalue weighted by atomic mass is 10.1. The average Bonchev–Trinajstić information content (AvgIpc) is 2.98. The van der Waals surface area contributed by atoms with Crippen molar-refractivity contribution in [1.82, 2.24) is 9.97 Å². The summed E-state index contributed by atoms with van der Waals surface area (Å²) in [5.74, 6) is -2.24. The number of nitrogens with two attached hydrogens (primary N) is 1. The van der Waals surface area contributed by atoms with E-state index in [4.69, 9.17) is 21.8 Å². The maximum absolute atomic E-state index is 12.5. The Bertz CT molecular complexity index is 1190. The Hall–Kier alpha value is -3.72. The lowest BCUT2D eigenvalue weighted by Crippen LogP contribution is -2.25. The third-order valence-corrected chi connectivity index (χ3v) is 4.32. The molecule has 0 atom stereocenters. The maximum Gasteiger partial charge on any atom is 0.265 e. The molecular formula is C19H15ClN4O5. The molecular weight excluding hydrogens is 400 g/mol. The number of primary amides is 1. The van der Waals surface area contributed by atoms with Crippen molar-refractivity contribution in [2.24, 2.45) is 5.73 Å². The van der Waals surface area contributed by atoms with Gasteiger partial charge in [-0.2, -0.15) is 0 Å². The number of carbonyl (C=O) groups is 3. The molecule has 0 saturated heterocycles. The Balaban J connectivity index is 1.93. The quantitative estimate of drug-likeness (QED) is 0.546. The molecule has 0 spiro atoms. The molecule has 3 rings (SSSR count). The number of furan rings is 1. The molecule has 4 N–H and O–H groups in total. The molecule has 148 valence electrons. The first kappa shape index (κ1) is 20.0. The minimum absolute atomic E-state index is 0.0297. The van der Waals surface area contributed by atoms with Crippen LogP contribution in [0, 0.1) is 6.92 Å². The minimum Gasteiger partial charge on any atom is -0.444 e. The number of aryl methyl sites for hydroxylation is 1. The van der Waals surface area contributed by atoms with Gasteiger partial charge in [0.25, 0.3) is 17.4 Å². The van der Waals surface area contributed by atoms with Crippen LogP contribution >= 0.6 is 11.6 Å². The maximum atomic E-state index is 12.5. The highest BCUT2D eigenvalue weighted by atomic mass is 35.5. The van der Waals surface area contributed by atoms with E-state index in [2.05, 4.69) is 15.3 Å². The Morgan fingerprint density at radius 2 is 1.83 bits per heavy atom. The first-order chi connectivity index (χ1) is 13.7. The second-order valence-corrected chi connectivity index (χ2v) is 6.53. The van der Waals surface area contributed by atoms with Gasteiger partial charge in [0, 0.05) is 16.8 Å². The van der Waals surface area contributed by atoms with Crippen molar-refractivity contribution < 1.29 is 18.8 Å². The van der Waals surface area contributed by atoms with Gasteiger partial charge in [-0.25, -0.2) is 4.98 Å². The van der Waals surface area contributed by atoms with Crippen molar-refractivity contribution in [1.29, 1.82) is 0 Å². The molecule has 0 bridgehead atoms. The van der Waals surface area contributed by atoms with E-state index in [1.54, 1.807) is 24.3 Å². The molecule has 2 aromatic heterocycles. The van der Waals surface area contributed by atoms with Crippen molar-refractivity contribution in [2.75, 3.05) is 5.32 Å². The number of nitrogens with zero attached hydrogens (tertiary/aromatic N) is 1. The second-order valence-electron chi connectivity index (χ2n) is 6.09. The van der Waals surface area contributed by atoms with Crippen LogP contribution in [0.4, 0.5) is 5.88 Å². The van der Waals surface area contributed by atoms with E-state index in [-0.39, 0.29) is 34.2 Å². The number of aromatic amines is 1. The van der Waals surface area contributed by atoms with Crippen molar-refractivity contribution >= 4 is 35.1 Å². The number of amides is 2. The first-order valence-corrected chi connectivity index (χ1v) is 8.67. The van der Waals surface area contributed by atoms with Crippen LogP contribution in [0.15, 0.2) is 39.7 Å². The number of halogens is 1. The third kappa shape index (κ3) is 3.94. The molecule has 10 heteroatoms. The topological polar surface area (TPSA) is 148 Å². The highest BCUT2D eigenvalue weighted by molar-refractivity contribution is 6.30. The smallest absolute Gasteiger partial charge is 0.265 e. The van der Waals surface area contributed by atoms with Gasteiger partial charge in [0.05, 0.1) is 5.56 Å². The molecule has 0 fully saturated rings. The molecule has 0 radical (unpaired) electrons. The zero-order valence-corrected chi connectivity index (χ0v) is 16.1. The number of Topliss-reactive ketones (excluding diaryl/α,β-unsaturated/α-hetero) is 1. The fourth-order valence-corrected chi connectivity index (χ4v) is 2.90. The number of aromatic nitrogens is 2. The SMILES string of the molecule is CC(=O)c1c(C)oc(NC(=O)c2cnc(-c3ccc(Cl)cc3)[nH]c2=O)c1C(N)=O. The van der Waals surface area contributed by atoms with Crippen LogP contribution in [0.25, 0.3) is 11.4 Å². The number of ketones is 1. The van der Waals surface area contributed by atoms with E-state index < -0.39 is 23.2 Å². The summed E-state index contributed by atoms with van der Waals surface area (Å²) in [6, 6.07) is 6.59. The molecule has 0 aliphatic carbocycles. The number of anilines is 1. The highest BCUT2D eigenvalue weighted by Gasteiger charge is 2.27. The molecule has 0 aliphatic heterocycles. The summed E-state index contributed by atoms with van der Waals surface area (Å²) < 4.78 is 5.31. The van der Waals surface area contributed by atoms with Crippen LogP contribution in [0.1, 0.15) is 43.8 Å². The summed E-state index contributed by atoms with van der Waals surface area (Å²) >= 11 is 5.83. The number of nitrogens with one attached hydrogen (secondary N) is 2. The van der Waals surface area contributed by atoms with Gasteiger partial charge in [-0.05, 0) is 38.1 Å². The molecule has 0 unspecified atom stereocenters. The summed E-state index contributed by atoms with van der Waals surface area (Å²) in [5, 5.41) is 2.82. The average molecular weight is 415 g/mol. The van der Waals surface area contributed by atoms with Crippen LogP contribution in [0.5, 0.6) is 0 Å². The second kappa shape index (κ2) is 7.72. The van der Waals surface area contributed by atoms with Crippen molar-refractivity contribution in [3.8, 4) is 11.4 Å². The van der Waals surface area contributed by atoms with Gasteiger partial charge >= 0.3 is 0 Å². The van der Waals surface area contributed by atoms with Gasteiger partial charge in [0.15, 0.2) is 5.78 Å². The lowest BCUT2D eigenvalue weighted by molar-refractivity contribution is 0.0974. The monoisotopic (exact) mass is 414 g/mol. The zero-order chi connectivity index (χ0) is 21.3. The van der Waals surface area contributed by atoms with E-state index in [0.717, 1.165) is 6.20 Å². The first-order valence-electron chi connectivity index (χ1n) is 8.29. The molecule has 2 heterocycles. The van der Waals surface area contributed by atoms with Gasteiger partial charge in [-0.1, -0.05) is 11.6 Å². The third-order valence-electron chi connectivity index (χ3n) is 4.07. The van der Waals surface area contributed by atoms with Crippen LogP contribution < -0.4 is 16.6 Å². The van der Waals surface area contributed by atoms with E-state index in [0.29, 0.717) is 10.6 Å². The highest BCUT2D eigenvalue weighted by Crippen LogP contribution is 2.27. The van der Waals surface area contributed by atoms with E-state index in [1.165, 1.54) is 13.8 Å². The molecule has 1 aromatic carbocycles. The zero-order valence-electron chi connectivity index (χ0n) is 15.3. The fraction of sp³-hybridized carbons (Fsp3) is 0.105. The summed E-state index contributed by atoms with van der Waals surface area (Å²) in [6.07, 6.45) is 1.09. The Labute approximate surface area is 168 Å². The Morgan fingerprint density at radius 1 is 1.17 bits per heavy atom. The largest absolute Gasteiger partial charge is 0.444 e. The van der Waals surface area contributed by atoms with Crippen LogP contribution in [-0.2, 0) is 0 Å². The van der Waals surface area contributed by atoms with Crippen molar-refractivity contribution in [2.45, 2.75) is 13.8 Å². The minimum atomic E-state index is -0.951. The molecule has 3 aromatic rings. The molecule has 2 amide bonds. The van der Waals surface area contributed by atoms with E-state index in [9.17, 15) is 19.2 Å². The number of carbonyl (C=O) groups excluding carboxylic acids is 3. The number of benzene rings is 1. The predicted molar refractivity (Wildman–Crippen MR) is 105 cm³/mol. The fourth-order valence-electron chi connectivity index (χ4n) is 2.77. The molecule has 0 saturated carbocycles. The summed E-state index contributed by atoms with van der Waals surface area (Å²) in [7, 11) is 0. The summed E-state index contributed by atoms with van der Waals surface area (Å²) in [5.41, 5.74) is 4.59. The number of hydrogen-bond acceptors (Lipinski definition) is 6. The Morgan fingerprint density at radius 3 is 2.38 bits per heavy atom. The van der Waals surface area contributed by atoms with Crippen molar-refractivity contribution in [3.63, 3.8) is 0 Å². The van der Waals surface area contributed by atoms with E-state index in [1.807, 2.05) is 0 Å². The molecule has 9 nitrogen and oxygen atoms in total. The number of hydrogen-bond donors (Lipinski definition) is 3. The van der Waals surface area contributed by atoms with Crippen molar-refractivity contribution in [3.05, 3.63) is 68.3 Å². The lowest BCUT2D eigenvalue weighted by Gasteiger charge is -2.05. The molecule has 29 heavy (non-hydrogen) atoms. The molecule has 0 aliphatic rings. The Kier molecular flexibility index (Phi) is 5.33. The van der Waals surface area contributed by atoms with Gasteiger partial charge < -0.3 is 15.1 Å². The number of H-pyrrole nitrogens is 1. The van der Waals surface area contributed by atoms with Gasteiger partial charge in [0.1, 0.15) is 22.7 Å². The van der Waals surface area contributed by atoms with Gasteiger partial charge in [-0.3, -0.25) is 24.5 Å². The number of rotatable bonds is 5. The van der Waals surface area contributed by atoms with Crippen LogP contribution in [0.3, 0.4) is 0 Å². The standard InChI is InChI=1S/C19H15ClN4O5/c1-8(25)13-9(2)29-19(14(13)15(21)26)24-18(28)12-7-22-16(23-17(12)27)10-3-5-11(20)6-4-10/h3-7H,1-2H3,(H2,21,26)(H,24,28)(H,22,23,27). The summed E-state index contributed by atoms with van der Waals surface area (Å²) in [6.45, 7) is 2.69. The summed E-state index contributed by atoms with van der Waals surface area (Å²) in [4.78, 5) is 54.9. The predicted octanol–water partition coefficient (Wildman–Crippen LogP) is 2.55. The van der Waals surface area contributed by atoms with E-state index >= 15 is 0 Å². The van der Waals surface area contributed by atoms with Gasteiger partial charge in [-0.15, -0.1) is 0 Å².